The van der Waals surface area contributed by atoms with Crippen LogP contribution < -0.4 is 4.90 Å². The van der Waals surface area contributed by atoms with Gasteiger partial charge in [0.05, 0.1) is 5.56 Å². The van der Waals surface area contributed by atoms with Crippen molar-refractivity contribution in [2.24, 2.45) is 4.99 Å². The molecule has 1 heterocycles. The molecule has 2 aromatic rings. The second-order valence-electron chi connectivity index (χ2n) is 5.77. The maximum atomic E-state index is 14.0. The maximum Gasteiger partial charge on any atom is 0.419 e. The maximum absolute atomic E-state index is 14.0. The number of rotatable bonds is 5. The largest absolute Gasteiger partial charge is 0.481 e. The molecule has 1 atom stereocenters. The highest BCUT2D eigenvalue weighted by molar-refractivity contribution is 5.52. The van der Waals surface area contributed by atoms with Gasteiger partial charge in [0.1, 0.15) is 18.5 Å². The Kier molecular flexibility index (Phi) is 4.92. The van der Waals surface area contributed by atoms with Crippen molar-refractivity contribution in [3.05, 3.63) is 65.5 Å². The van der Waals surface area contributed by atoms with Crippen LogP contribution in [-0.2, 0) is 17.5 Å². The first-order chi connectivity index (χ1) is 11.9. The SMILES string of the molecule is Fc1cc(N(Cc2ccccc2)C[C@H]2COC=N2)ccc1C(F)(F)F. The molecule has 7 heteroatoms. The number of alkyl halides is 3. The van der Waals surface area contributed by atoms with Crippen LogP contribution in [0.5, 0.6) is 0 Å². The van der Waals surface area contributed by atoms with Crippen LogP contribution in [0, 0.1) is 5.82 Å². The van der Waals surface area contributed by atoms with E-state index in [1.807, 2.05) is 30.3 Å². The fourth-order valence-electron chi connectivity index (χ4n) is 2.68. The molecule has 25 heavy (non-hydrogen) atoms. The number of hydrogen-bond donors (Lipinski definition) is 0. The molecule has 1 aliphatic rings. The second kappa shape index (κ2) is 7.13. The lowest BCUT2D eigenvalue weighted by Crippen LogP contribution is -2.32. The summed E-state index contributed by atoms with van der Waals surface area (Å²) in [6, 6.07) is 12.3. The molecule has 0 bridgehead atoms. The van der Waals surface area contributed by atoms with Crippen molar-refractivity contribution in [2.45, 2.75) is 18.8 Å². The van der Waals surface area contributed by atoms with Gasteiger partial charge in [-0.25, -0.2) is 9.38 Å². The predicted molar refractivity (Wildman–Crippen MR) is 87.1 cm³/mol. The van der Waals surface area contributed by atoms with Crippen molar-refractivity contribution in [1.82, 2.24) is 0 Å². The predicted octanol–water partition coefficient (Wildman–Crippen LogP) is 4.28. The molecule has 0 saturated heterocycles. The van der Waals surface area contributed by atoms with Crippen molar-refractivity contribution in [1.29, 1.82) is 0 Å². The minimum absolute atomic E-state index is 0.144. The van der Waals surface area contributed by atoms with Gasteiger partial charge in [0.25, 0.3) is 0 Å². The minimum atomic E-state index is -4.71. The van der Waals surface area contributed by atoms with Crippen molar-refractivity contribution in [2.75, 3.05) is 18.1 Å². The monoisotopic (exact) mass is 352 g/mol. The molecule has 0 amide bonds. The van der Waals surface area contributed by atoms with Gasteiger partial charge in [-0.3, -0.25) is 0 Å². The van der Waals surface area contributed by atoms with E-state index in [1.165, 1.54) is 12.5 Å². The Balaban J connectivity index is 1.87. The smallest absolute Gasteiger partial charge is 0.419 e. The summed E-state index contributed by atoms with van der Waals surface area (Å²) in [6.07, 6.45) is -3.35. The van der Waals surface area contributed by atoms with E-state index in [-0.39, 0.29) is 6.04 Å². The molecule has 3 rings (SSSR count). The molecule has 0 radical (unpaired) electrons. The highest BCUT2D eigenvalue weighted by Gasteiger charge is 2.34. The molecule has 0 saturated carbocycles. The highest BCUT2D eigenvalue weighted by Crippen LogP contribution is 2.33. The van der Waals surface area contributed by atoms with Crippen LogP contribution >= 0.6 is 0 Å². The van der Waals surface area contributed by atoms with Gasteiger partial charge in [-0.05, 0) is 23.8 Å². The van der Waals surface area contributed by atoms with Crippen LogP contribution in [0.3, 0.4) is 0 Å². The average molecular weight is 352 g/mol. The van der Waals surface area contributed by atoms with E-state index in [4.69, 9.17) is 4.74 Å². The first-order valence-corrected chi connectivity index (χ1v) is 7.72. The summed E-state index contributed by atoms with van der Waals surface area (Å²) in [6.45, 7) is 1.24. The zero-order valence-corrected chi connectivity index (χ0v) is 13.2. The van der Waals surface area contributed by atoms with Gasteiger partial charge in [0.15, 0.2) is 6.40 Å². The van der Waals surface area contributed by atoms with Gasteiger partial charge >= 0.3 is 6.18 Å². The Morgan fingerprint density at radius 2 is 1.88 bits per heavy atom. The minimum Gasteiger partial charge on any atom is -0.481 e. The lowest BCUT2D eigenvalue weighted by molar-refractivity contribution is -0.139. The van der Waals surface area contributed by atoms with Crippen LogP contribution in [0.2, 0.25) is 0 Å². The van der Waals surface area contributed by atoms with Crippen molar-refractivity contribution < 1.29 is 22.3 Å². The lowest BCUT2D eigenvalue weighted by Gasteiger charge is -2.27. The van der Waals surface area contributed by atoms with E-state index in [0.717, 1.165) is 17.7 Å². The van der Waals surface area contributed by atoms with Crippen LogP contribution in [-0.4, -0.2) is 25.6 Å². The fourth-order valence-corrected chi connectivity index (χ4v) is 2.68. The van der Waals surface area contributed by atoms with Gasteiger partial charge < -0.3 is 9.64 Å². The Labute approximate surface area is 142 Å². The van der Waals surface area contributed by atoms with Crippen LogP contribution in [0.1, 0.15) is 11.1 Å². The zero-order valence-electron chi connectivity index (χ0n) is 13.2. The number of halogens is 4. The summed E-state index contributed by atoms with van der Waals surface area (Å²) in [5, 5.41) is 0. The molecule has 0 spiro atoms. The van der Waals surface area contributed by atoms with E-state index in [9.17, 15) is 17.6 Å². The molecule has 0 fully saturated rings. The number of anilines is 1. The summed E-state index contributed by atoms with van der Waals surface area (Å²) in [5.41, 5.74) is 0.0697. The summed E-state index contributed by atoms with van der Waals surface area (Å²) < 4.78 is 57.3. The summed E-state index contributed by atoms with van der Waals surface area (Å²) in [5.74, 6) is -1.28. The molecule has 1 aliphatic heterocycles. The summed E-state index contributed by atoms with van der Waals surface area (Å²) in [7, 11) is 0. The standard InChI is InChI=1S/C18H16F4N2O/c19-17-8-15(6-7-16(17)18(20,21)22)24(10-14-11-25-12-23-14)9-13-4-2-1-3-5-13/h1-8,12,14H,9-11H2/t14-/m0/s1. The number of ether oxygens (including phenoxy) is 1. The number of benzene rings is 2. The van der Waals surface area contributed by atoms with Gasteiger partial charge in [0.2, 0.25) is 0 Å². The molecule has 3 nitrogen and oxygen atoms in total. The van der Waals surface area contributed by atoms with Crippen molar-refractivity contribution in [3.63, 3.8) is 0 Å². The highest BCUT2D eigenvalue weighted by atomic mass is 19.4. The van der Waals surface area contributed by atoms with E-state index < -0.39 is 17.6 Å². The van der Waals surface area contributed by atoms with Crippen LogP contribution in [0.4, 0.5) is 23.2 Å². The summed E-state index contributed by atoms with van der Waals surface area (Å²) >= 11 is 0. The van der Waals surface area contributed by atoms with Gasteiger partial charge in [0, 0.05) is 18.8 Å². The molecule has 0 aromatic heterocycles. The normalized spacial score (nSPS) is 16.7. The average Bonchev–Trinajstić information content (AvgIpc) is 3.07. The van der Waals surface area contributed by atoms with Gasteiger partial charge in [-0.2, -0.15) is 13.2 Å². The third kappa shape index (κ3) is 4.29. The molecular weight excluding hydrogens is 336 g/mol. The third-order valence-corrected chi connectivity index (χ3v) is 3.91. The van der Waals surface area contributed by atoms with Gasteiger partial charge in [-0.1, -0.05) is 30.3 Å². The Morgan fingerprint density at radius 3 is 2.48 bits per heavy atom. The fraction of sp³-hybridized carbons (Fsp3) is 0.278. The van der Waals surface area contributed by atoms with Crippen molar-refractivity contribution >= 4 is 12.1 Å². The van der Waals surface area contributed by atoms with Gasteiger partial charge in [-0.15, -0.1) is 0 Å². The third-order valence-electron chi connectivity index (χ3n) is 3.91. The Morgan fingerprint density at radius 1 is 1.12 bits per heavy atom. The Bertz CT molecular complexity index is 746. The number of hydrogen-bond acceptors (Lipinski definition) is 3. The first kappa shape index (κ1) is 17.3. The van der Waals surface area contributed by atoms with E-state index in [1.54, 1.807) is 4.90 Å². The van der Waals surface area contributed by atoms with Crippen LogP contribution in [0.25, 0.3) is 0 Å². The molecule has 0 unspecified atom stereocenters. The topological polar surface area (TPSA) is 24.8 Å². The van der Waals surface area contributed by atoms with E-state index in [2.05, 4.69) is 4.99 Å². The molecule has 0 N–H and O–H groups in total. The lowest BCUT2D eigenvalue weighted by atomic mass is 10.1. The Hall–Kier alpha value is -2.57. The van der Waals surface area contributed by atoms with E-state index >= 15 is 0 Å². The van der Waals surface area contributed by atoms with Crippen molar-refractivity contribution in [3.8, 4) is 0 Å². The molecule has 132 valence electrons. The van der Waals surface area contributed by atoms with E-state index in [0.29, 0.717) is 25.4 Å². The zero-order chi connectivity index (χ0) is 17.9. The molecule has 0 aliphatic carbocycles. The second-order valence-corrected chi connectivity index (χ2v) is 5.77. The number of aliphatic imine (C=N–C) groups is 1. The quantitative estimate of drug-likeness (QED) is 0.751. The summed E-state index contributed by atoms with van der Waals surface area (Å²) in [4.78, 5) is 5.96. The van der Waals surface area contributed by atoms with Crippen LogP contribution in [0.15, 0.2) is 53.5 Å². The first-order valence-electron chi connectivity index (χ1n) is 7.72. The molecular formula is C18H16F4N2O. The molecule has 2 aromatic carbocycles. The number of nitrogens with zero attached hydrogens (tertiary/aromatic N) is 2.